The SMILES string of the molecule is COC(=O)[C@H](CCSC)NC(=O)CN(Cc1cccc2ccccc12)C[C@@H]1CCCN1C(=O)[C@@H](C)N. The van der Waals surface area contributed by atoms with Crippen LogP contribution in [0.1, 0.15) is 31.7 Å². The molecular formula is C27H38N4O4S. The highest BCUT2D eigenvalue weighted by Gasteiger charge is 2.32. The number of benzene rings is 2. The molecule has 9 heteroatoms. The molecule has 1 heterocycles. The minimum absolute atomic E-state index is 0.0147. The number of esters is 1. The van der Waals surface area contributed by atoms with Gasteiger partial charge in [0.25, 0.3) is 0 Å². The molecule has 0 aliphatic carbocycles. The van der Waals surface area contributed by atoms with Crippen LogP contribution in [0, 0.1) is 0 Å². The fourth-order valence-electron chi connectivity index (χ4n) is 4.80. The van der Waals surface area contributed by atoms with Crippen LogP contribution in [0.2, 0.25) is 0 Å². The first kappa shape index (κ1) is 28.0. The molecule has 0 unspecified atom stereocenters. The molecular weight excluding hydrogens is 476 g/mol. The molecule has 1 aliphatic heterocycles. The van der Waals surface area contributed by atoms with E-state index >= 15 is 0 Å². The number of thioether (sulfide) groups is 1. The number of hydrogen-bond acceptors (Lipinski definition) is 7. The number of carbonyl (C=O) groups is 3. The maximum absolute atomic E-state index is 13.1. The second-order valence-electron chi connectivity index (χ2n) is 9.35. The molecule has 1 saturated heterocycles. The van der Waals surface area contributed by atoms with Gasteiger partial charge in [-0.05, 0) is 54.5 Å². The zero-order chi connectivity index (χ0) is 26.1. The van der Waals surface area contributed by atoms with Gasteiger partial charge in [0.05, 0.1) is 19.7 Å². The van der Waals surface area contributed by atoms with Crippen molar-refractivity contribution >= 4 is 40.3 Å². The second kappa shape index (κ2) is 13.6. The summed E-state index contributed by atoms with van der Waals surface area (Å²) in [5.74, 6) is -0.0110. The Balaban J connectivity index is 1.80. The van der Waals surface area contributed by atoms with Gasteiger partial charge in [-0.15, -0.1) is 0 Å². The van der Waals surface area contributed by atoms with Crippen molar-refractivity contribution in [2.45, 2.75) is 50.9 Å². The third kappa shape index (κ3) is 7.44. The summed E-state index contributed by atoms with van der Waals surface area (Å²) in [6.45, 7) is 3.58. The van der Waals surface area contributed by atoms with Gasteiger partial charge in [-0.3, -0.25) is 14.5 Å². The van der Waals surface area contributed by atoms with Crippen LogP contribution < -0.4 is 11.1 Å². The summed E-state index contributed by atoms with van der Waals surface area (Å²) in [5, 5.41) is 5.13. The monoisotopic (exact) mass is 514 g/mol. The number of nitrogens with two attached hydrogens (primary N) is 1. The summed E-state index contributed by atoms with van der Waals surface area (Å²) in [4.78, 5) is 42.0. The second-order valence-corrected chi connectivity index (χ2v) is 10.3. The number of rotatable bonds is 12. The lowest BCUT2D eigenvalue weighted by Gasteiger charge is -2.32. The van der Waals surface area contributed by atoms with Crippen molar-refractivity contribution in [2.24, 2.45) is 5.73 Å². The highest BCUT2D eigenvalue weighted by molar-refractivity contribution is 7.98. The van der Waals surface area contributed by atoms with Crippen molar-refractivity contribution in [3.63, 3.8) is 0 Å². The number of carbonyl (C=O) groups excluding carboxylic acids is 3. The van der Waals surface area contributed by atoms with Gasteiger partial charge in [-0.2, -0.15) is 11.8 Å². The van der Waals surface area contributed by atoms with Crippen molar-refractivity contribution in [3.8, 4) is 0 Å². The number of hydrogen-bond donors (Lipinski definition) is 2. The lowest BCUT2D eigenvalue weighted by atomic mass is 10.0. The summed E-state index contributed by atoms with van der Waals surface area (Å²) >= 11 is 1.61. The average molecular weight is 515 g/mol. The molecule has 1 aliphatic rings. The molecule has 3 rings (SSSR count). The summed E-state index contributed by atoms with van der Waals surface area (Å²) in [7, 11) is 1.33. The fraction of sp³-hybridized carbons (Fsp3) is 0.519. The van der Waals surface area contributed by atoms with E-state index in [1.165, 1.54) is 7.11 Å². The van der Waals surface area contributed by atoms with Gasteiger partial charge >= 0.3 is 5.97 Å². The Morgan fingerprint density at radius 3 is 2.69 bits per heavy atom. The molecule has 3 N–H and O–H groups in total. The van der Waals surface area contributed by atoms with Gasteiger partial charge in [0.15, 0.2) is 0 Å². The van der Waals surface area contributed by atoms with Crippen molar-refractivity contribution < 1.29 is 19.1 Å². The minimum Gasteiger partial charge on any atom is -0.467 e. The number of ether oxygens (including phenoxy) is 1. The van der Waals surface area contributed by atoms with Crippen LogP contribution >= 0.6 is 11.8 Å². The Morgan fingerprint density at radius 1 is 1.22 bits per heavy atom. The fourth-order valence-corrected chi connectivity index (χ4v) is 5.27. The van der Waals surface area contributed by atoms with Gasteiger partial charge in [-0.1, -0.05) is 42.5 Å². The first-order valence-corrected chi connectivity index (χ1v) is 13.8. The largest absolute Gasteiger partial charge is 0.467 e. The maximum atomic E-state index is 13.1. The normalized spacial score (nSPS) is 17.2. The van der Waals surface area contributed by atoms with Crippen LogP contribution in [0.15, 0.2) is 42.5 Å². The Hall–Kier alpha value is -2.62. The van der Waals surface area contributed by atoms with E-state index in [9.17, 15) is 14.4 Å². The molecule has 0 spiro atoms. The molecule has 0 radical (unpaired) electrons. The quantitative estimate of drug-likeness (QED) is 0.419. The molecule has 196 valence electrons. The molecule has 0 bridgehead atoms. The predicted octanol–water partition coefficient (Wildman–Crippen LogP) is 2.39. The van der Waals surface area contributed by atoms with Crippen molar-refractivity contribution in [3.05, 3.63) is 48.0 Å². The van der Waals surface area contributed by atoms with Gasteiger partial charge in [0, 0.05) is 25.7 Å². The Morgan fingerprint density at radius 2 is 1.97 bits per heavy atom. The topological polar surface area (TPSA) is 105 Å². The number of fused-ring (bicyclic) bond motifs is 1. The van der Waals surface area contributed by atoms with E-state index in [4.69, 9.17) is 10.5 Å². The number of methoxy groups -OCH3 is 1. The van der Waals surface area contributed by atoms with Gasteiger partial charge in [0.1, 0.15) is 6.04 Å². The van der Waals surface area contributed by atoms with Crippen LogP contribution in [0.4, 0.5) is 0 Å². The molecule has 2 aromatic carbocycles. The smallest absolute Gasteiger partial charge is 0.328 e. The number of nitrogens with zero attached hydrogens (tertiary/aromatic N) is 2. The molecule has 2 amide bonds. The molecule has 3 atom stereocenters. The molecule has 0 saturated carbocycles. The third-order valence-corrected chi connectivity index (χ3v) is 7.24. The zero-order valence-corrected chi connectivity index (χ0v) is 22.3. The maximum Gasteiger partial charge on any atom is 0.328 e. The molecule has 36 heavy (non-hydrogen) atoms. The van der Waals surface area contributed by atoms with E-state index in [1.807, 2.05) is 29.4 Å². The van der Waals surface area contributed by atoms with E-state index in [1.54, 1.807) is 18.7 Å². The lowest BCUT2D eigenvalue weighted by molar-refractivity contribution is -0.145. The van der Waals surface area contributed by atoms with E-state index in [2.05, 4.69) is 34.5 Å². The summed E-state index contributed by atoms with van der Waals surface area (Å²) in [5.41, 5.74) is 7.00. The first-order chi connectivity index (χ1) is 17.3. The van der Waals surface area contributed by atoms with Crippen LogP contribution in [-0.4, -0.2) is 84.5 Å². The van der Waals surface area contributed by atoms with Gasteiger partial charge < -0.3 is 20.7 Å². The Labute approximate surface area is 217 Å². The van der Waals surface area contributed by atoms with E-state index < -0.39 is 18.1 Å². The number of likely N-dealkylation sites (tertiary alicyclic amines) is 1. The average Bonchev–Trinajstić information content (AvgIpc) is 3.33. The van der Waals surface area contributed by atoms with E-state index in [0.717, 1.165) is 34.9 Å². The highest BCUT2D eigenvalue weighted by Crippen LogP contribution is 2.23. The Bertz CT molecular complexity index is 1040. The van der Waals surface area contributed by atoms with Gasteiger partial charge in [-0.25, -0.2) is 4.79 Å². The summed E-state index contributed by atoms with van der Waals surface area (Å²) in [6, 6.07) is 13.1. The zero-order valence-electron chi connectivity index (χ0n) is 21.4. The predicted molar refractivity (Wildman–Crippen MR) is 145 cm³/mol. The van der Waals surface area contributed by atoms with Crippen LogP contribution in [0.25, 0.3) is 10.8 Å². The van der Waals surface area contributed by atoms with Crippen molar-refractivity contribution in [2.75, 3.05) is 38.8 Å². The van der Waals surface area contributed by atoms with Crippen molar-refractivity contribution in [1.29, 1.82) is 0 Å². The highest BCUT2D eigenvalue weighted by atomic mass is 32.2. The molecule has 0 aromatic heterocycles. The van der Waals surface area contributed by atoms with E-state index in [0.29, 0.717) is 26.1 Å². The number of nitrogens with one attached hydrogen (secondary N) is 1. The molecule has 8 nitrogen and oxygen atoms in total. The molecule has 1 fully saturated rings. The minimum atomic E-state index is -0.683. The molecule has 2 aromatic rings. The number of amides is 2. The Kier molecular flexibility index (Phi) is 10.6. The van der Waals surface area contributed by atoms with Crippen molar-refractivity contribution in [1.82, 2.24) is 15.1 Å². The van der Waals surface area contributed by atoms with Crippen LogP contribution in [0.3, 0.4) is 0 Å². The standard InChI is InChI=1S/C27H38N4O4S/c1-19(28)26(33)31-14-7-11-22(31)17-30(16-21-10-6-9-20-8-4-5-12-23(20)21)18-25(32)29-24(13-15-36-3)27(34)35-2/h4-6,8-10,12,19,22,24H,7,11,13-18,28H2,1-3H3,(H,29,32)/t19-,22+,24+/m1/s1. The summed E-state index contributed by atoms with van der Waals surface area (Å²) < 4.78 is 4.90. The van der Waals surface area contributed by atoms with Gasteiger partial charge in [0.2, 0.25) is 11.8 Å². The van der Waals surface area contributed by atoms with Crippen LogP contribution in [-0.2, 0) is 25.7 Å². The lowest BCUT2D eigenvalue weighted by Crippen LogP contribution is -2.51. The van der Waals surface area contributed by atoms with Crippen LogP contribution in [0.5, 0.6) is 0 Å². The third-order valence-electron chi connectivity index (χ3n) is 6.59. The first-order valence-electron chi connectivity index (χ1n) is 12.4. The summed E-state index contributed by atoms with van der Waals surface area (Å²) in [6.07, 6.45) is 4.24. The van der Waals surface area contributed by atoms with E-state index in [-0.39, 0.29) is 24.4 Å².